The largest absolute Gasteiger partial charge is 0.492 e. The Labute approximate surface area is 144 Å². The van der Waals surface area contributed by atoms with Gasteiger partial charge in [0.15, 0.2) is 5.82 Å². The van der Waals surface area contributed by atoms with Gasteiger partial charge < -0.3 is 19.5 Å². The molecule has 6 nitrogen and oxygen atoms in total. The predicted octanol–water partition coefficient (Wildman–Crippen LogP) is 2.61. The monoisotopic (exact) mass is 332 g/mol. The van der Waals surface area contributed by atoms with Gasteiger partial charge in [-0.05, 0) is 51.3 Å². The van der Waals surface area contributed by atoms with Crippen LogP contribution in [0.25, 0.3) is 11.5 Å². The average Bonchev–Trinajstić information content (AvgIpc) is 3.07. The summed E-state index contributed by atoms with van der Waals surface area (Å²) >= 11 is 0. The number of nitrogens with one attached hydrogen (secondary N) is 1. The second kappa shape index (κ2) is 9.39. The normalized spacial score (nSPS) is 12.5. The standard InChI is InChI=1S/C18H28N4O2/c1-5-22(6-2)11-12-23-16-9-7-15(8-10-16)18-20-17(21-24-18)13-14(3)19-4/h7-10,14,19H,5-6,11-13H2,1-4H3. The predicted molar refractivity (Wildman–Crippen MR) is 95.2 cm³/mol. The van der Waals surface area contributed by atoms with Gasteiger partial charge >= 0.3 is 0 Å². The van der Waals surface area contributed by atoms with Crippen LogP contribution in [0.5, 0.6) is 5.75 Å². The fourth-order valence-corrected chi connectivity index (χ4v) is 2.36. The van der Waals surface area contributed by atoms with Gasteiger partial charge in [-0.25, -0.2) is 0 Å². The molecule has 0 aliphatic rings. The van der Waals surface area contributed by atoms with Crippen molar-refractivity contribution in [2.75, 3.05) is 33.3 Å². The zero-order valence-corrected chi connectivity index (χ0v) is 15.1. The fraction of sp³-hybridized carbons (Fsp3) is 0.556. The van der Waals surface area contributed by atoms with Gasteiger partial charge in [0.2, 0.25) is 0 Å². The number of aromatic nitrogens is 2. The molecule has 0 aliphatic carbocycles. The van der Waals surface area contributed by atoms with Crippen LogP contribution in [0.2, 0.25) is 0 Å². The lowest BCUT2D eigenvalue weighted by Crippen LogP contribution is -2.27. The molecule has 0 spiro atoms. The molecule has 0 radical (unpaired) electrons. The van der Waals surface area contributed by atoms with Gasteiger partial charge in [-0.3, -0.25) is 0 Å². The number of hydrogen-bond donors (Lipinski definition) is 1. The van der Waals surface area contributed by atoms with Crippen molar-refractivity contribution in [1.82, 2.24) is 20.4 Å². The minimum absolute atomic E-state index is 0.317. The maximum absolute atomic E-state index is 5.79. The molecule has 2 rings (SSSR count). The maximum atomic E-state index is 5.79. The highest BCUT2D eigenvalue weighted by Crippen LogP contribution is 2.21. The molecule has 1 unspecified atom stereocenters. The molecule has 1 N–H and O–H groups in total. The van der Waals surface area contributed by atoms with E-state index in [1.165, 1.54) is 0 Å². The summed E-state index contributed by atoms with van der Waals surface area (Å²) < 4.78 is 11.1. The Morgan fingerprint density at radius 3 is 2.54 bits per heavy atom. The Morgan fingerprint density at radius 2 is 1.92 bits per heavy atom. The number of benzene rings is 1. The molecular weight excluding hydrogens is 304 g/mol. The van der Waals surface area contributed by atoms with E-state index >= 15 is 0 Å². The van der Waals surface area contributed by atoms with E-state index in [1.54, 1.807) is 0 Å². The quantitative estimate of drug-likeness (QED) is 0.721. The van der Waals surface area contributed by atoms with Gasteiger partial charge in [-0.1, -0.05) is 19.0 Å². The molecule has 0 aliphatic heterocycles. The molecule has 0 bridgehead atoms. The van der Waals surface area contributed by atoms with Gasteiger partial charge in [-0.15, -0.1) is 0 Å². The van der Waals surface area contributed by atoms with Crippen molar-refractivity contribution in [3.63, 3.8) is 0 Å². The van der Waals surface area contributed by atoms with E-state index < -0.39 is 0 Å². The van der Waals surface area contributed by atoms with Crippen molar-refractivity contribution >= 4 is 0 Å². The smallest absolute Gasteiger partial charge is 0.257 e. The first-order valence-electron chi connectivity index (χ1n) is 8.61. The highest BCUT2D eigenvalue weighted by atomic mass is 16.5. The molecule has 0 saturated heterocycles. The topological polar surface area (TPSA) is 63.4 Å². The summed E-state index contributed by atoms with van der Waals surface area (Å²) in [5.41, 5.74) is 0.905. The summed E-state index contributed by atoms with van der Waals surface area (Å²) in [5, 5.41) is 7.19. The number of likely N-dealkylation sites (N-methyl/N-ethyl adjacent to an activating group) is 2. The Morgan fingerprint density at radius 1 is 1.21 bits per heavy atom. The summed E-state index contributed by atoms with van der Waals surface area (Å²) in [6.07, 6.45) is 0.743. The lowest BCUT2D eigenvalue weighted by Gasteiger charge is -2.17. The van der Waals surface area contributed by atoms with Gasteiger partial charge in [0.05, 0.1) is 0 Å². The van der Waals surface area contributed by atoms with Crippen molar-refractivity contribution < 1.29 is 9.26 Å². The Kier molecular flexibility index (Phi) is 7.21. The lowest BCUT2D eigenvalue weighted by molar-refractivity contribution is 0.223. The zero-order chi connectivity index (χ0) is 17.4. The highest BCUT2D eigenvalue weighted by Gasteiger charge is 2.11. The number of ether oxygens (including phenoxy) is 1. The third-order valence-electron chi connectivity index (χ3n) is 4.12. The molecular formula is C18H28N4O2. The van der Waals surface area contributed by atoms with E-state index in [1.807, 2.05) is 31.3 Å². The van der Waals surface area contributed by atoms with Crippen LogP contribution < -0.4 is 10.1 Å². The van der Waals surface area contributed by atoms with E-state index in [0.29, 0.717) is 24.4 Å². The number of hydrogen-bond acceptors (Lipinski definition) is 6. The zero-order valence-electron chi connectivity index (χ0n) is 15.1. The van der Waals surface area contributed by atoms with Gasteiger partial charge in [0, 0.05) is 24.6 Å². The number of nitrogens with zero attached hydrogens (tertiary/aromatic N) is 3. The maximum Gasteiger partial charge on any atom is 0.257 e. The van der Waals surface area contributed by atoms with Crippen LogP contribution in [0.4, 0.5) is 0 Å². The molecule has 132 valence electrons. The highest BCUT2D eigenvalue weighted by molar-refractivity contribution is 5.54. The second-order valence-corrected chi connectivity index (χ2v) is 5.81. The van der Waals surface area contributed by atoms with Crippen molar-refractivity contribution in [2.45, 2.75) is 33.2 Å². The minimum atomic E-state index is 0.317. The molecule has 1 aromatic carbocycles. The summed E-state index contributed by atoms with van der Waals surface area (Å²) in [7, 11) is 1.92. The van der Waals surface area contributed by atoms with Gasteiger partial charge in [0.25, 0.3) is 5.89 Å². The second-order valence-electron chi connectivity index (χ2n) is 5.81. The van der Waals surface area contributed by atoms with Crippen molar-refractivity contribution in [3.05, 3.63) is 30.1 Å². The van der Waals surface area contributed by atoms with Crippen LogP contribution in [0.3, 0.4) is 0 Å². The van der Waals surface area contributed by atoms with Gasteiger partial charge in [-0.2, -0.15) is 4.98 Å². The fourth-order valence-electron chi connectivity index (χ4n) is 2.36. The van der Waals surface area contributed by atoms with Gasteiger partial charge in [0.1, 0.15) is 12.4 Å². The molecule has 24 heavy (non-hydrogen) atoms. The van der Waals surface area contributed by atoms with E-state index in [4.69, 9.17) is 9.26 Å². The van der Waals surface area contributed by atoms with E-state index in [9.17, 15) is 0 Å². The molecule has 0 fully saturated rings. The number of rotatable bonds is 10. The molecule has 0 amide bonds. The molecule has 1 heterocycles. The van der Waals surface area contributed by atoms with Crippen LogP contribution in [0.15, 0.2) is 28.8 Å². The lowest BCUT2D eigenvalue weighted by atomic mass is 10.2. The van der Waals surface area contributed by atoms with Crippen LogP contribution in [-0.2, 0) is 6.42 Å². The van der Waals surface area contributed by atoms with E-state index in [2.05, 4.69) is 41.1 Å². The van der Waals surface area contributed by atoms with Crippen molar-refractivity contribution in [2.24, 2.45) is 0 Å². The van der Waals surface area contributed by atoms with Crippen LogP contribution >= 0.6 is 0 Å². The SMILES string of the molecule is CCN(CC)CCOc1ccc(-c2nc(CC(C)NC)no2)cc1. The summed E-state index contributed by atoms with van der Waals surface area (Å²) in [5.74, 6) is 2.11. The van der Waals surface area contributed by atoms with E-state index in [0.717, 1.165) is 37.4 Å². The first-order valence-corrected chi connectivity index (χ1v) is 8.61. The van der Waals surface area contributed by atoms with Crippen LogP contribution in [-0.4, -0.2) is 54.4 Å². The Bertz CT molecular complexity index is 593. The molecule has 2 aromatic rings. The Hall–Kier alpha value is -1.92. The van der Waals surface area contributed by atoms with Crippen LogP contribution in [0, 0.1) is 0 Å². The third kappa shape index (κ3) is 5.32. The van der Waals surface area contributed by atoms with Crippen molar-refractivity contribution in [1.29, 1.82) is 0 Å². The first kappa shape index (κ1) is 18.4. The Balaban J connectivity index is 1.89. The average molecular weight is 332 g/mol. The summed E-state index contributed by atoms with van der Waals surface area (Å²) in [6, 6.07) is 8.10. The summed E-state index contributed by atoms with van der Waals surface area (Å²) in [4.78, 5) is 6.77. The summed E-state index contributed by atoms with van der Waals surface area (Å²) in [6.45, 7) is 10.1. The van der Waals surface area contributed by atoms with Crippen LogP contribution in [0.1, 0.15) is 26.6 Å². The first-order chi connectivity index (χ1) is 11.7. The molecule has 0 saturated carbocycles. The molecule has 1 aromatic heterocycles. The molecule has 1 atom stereocenters. The molecule has 6 heteroatoms. The van der Waals surface area contributed by atoms with Crippen molar-refractivity contribution in [3.8, 4) is 17.2 Å². The van der Waals surface area contributed by atoms with E-state index in [-0.39, 0.29) is 0 Å². The minimum Gasteiger partial charge on any atom is -0.492 e. The third-order valence-corrected chi connectivity index (χ3v) is 4.12.